The Morgan fingerprint density at radius 2 is 1.90 bits per heavy atom. The summed E-state index contributed by atoms with van der Waals surface area (Å²) in [6.07, 6.45) is 3.31. The Kier molecular flexibility index (Phi) is 4.07. The second kappa shape index (κ2) is 5.66. The first-order valence-corrected chi connectivity index (χ1v) is 9.43. The molecule has 1 aliphatic carbocycles. The SMILES string of the molecule is O=S1(=O)CCC(CNC(c2ccc(Cl)cc2)C2CC2)C1. The third kappa shape index (κ3) is 3.54. The van der Waals surface area contributed by atoms with Crippen LogP contribution in [0.5, 0.6) is 0 Å². The quantitative estimate of drug-likeness (QED) is 0.909. The molecule has 0 amide bonds. The number of benzene rings is 1. The third-order valence-electron chi connectivity index (χ3n) is 4.28. The molecule has 1 N–H and O–H groups in total. The number of hydrogen-bond donors (Lipinski definition) is 1. The Labute approximate surface area is 125 Å². The molecular formula is C15H20ClNO2S. The summed E-state index contributed by atoms with van der Waals surface area (Å²) in [5, 5.41) is 4.34. The van der Waals surface area contributed by atoms with E-state index in [-0.39, 0.29) is 5.92 Å². The maximum atomic E-state index is 11.5. The van der Waals surface area contributed by atoms with E-state index in [2.05, 4.69) is 17.4 Å². The van der Waals surface area contributed by atoms with E-state index in [0.717, 1.165) is 18.0 Å². The van der Waals surface area contributed by atoms with Crippen molar-refractivity contribution in [1.82, 2.24) is 5.32 Å². The Balaban J connectivity index is 1.62. The number of rotatable bonds is 5. The minimum atomic E-state index is -2.78. The van der Waals surface area contributed by atoms with Crippen LogP contribution in [0.25, 0.3) is 0 Å². The molecule has 3 nitrogen and oxygen atoms in total. The van der Waals surface area contributed by atoms with Gasteiger partial charge in [0.05, 0.1) is 11.5 Å². The fraction of sp³-hybridized carbons (Fsp3) is 0.600. The first kappa shape index (κ1) is 14.4. The molecule has 1 aliphatic heterocycles. The molecule has 1 aromatic rings. The number of hydrogen-bond acceptors (Lipinski definition) is 3. The zero-order chi connectivity index (χ0) is 14.2. The van der Waals surface area contributed by atoms with Crippen LogP contribution in [0.2, 0.25) is 5.02 Å². The van der Waals surface area contributed by atoms with Crippen molar-refractivity contribution in [2.75, 3.05) is 18.1 Å². The van der Waals surface area contributed by atoms with E-state index in [1.165, 1.54) is 18.4 Å². The van der Waals surface area contributed by atoms with Gasteiger partial charge in [-0.1, -0.05) is 23.7 Å². The minimum Gasteiger partial charge on any atom is -0.309 e. The molecule has 1 saturated carbocycles. The smallest absolute Gasteiger partial charge is 0.150 e. The molecule has 1 saturated heterocycles. The van der Waals surface area contributed by atoms with Gasteiger partial charge in [0.1, 0.15) is 0 Å². The highest BCUT2D eigenvalue weighted by molar-refractivity contribution is 7.91. The van der Waals surface area contributed by atoms with Crippen molar-refractivity contribution >= 4 is 21.4 Å². The number of halogens is 1. The van der Waals surface area contributed by atoms with Crippen LogP contribution in [-0.4, -0.2) is 26.5 Å². The zero-order valence-electron chi connectivity index (χ0n) is 11.4. The molecular weight excluding hydrogens is 294 g/mol. The average Bonchev–Trinajstić information content (AvgIpc) is 3.17. The van der Waals surface area contributed by atoms with Gasteiger partial charge in [-0.15, -0.1) is 0 Å². The summed E-state index contributed by atoms with van der Waals surface area (Å²) in [5.41, 5.74) is 1.26. The summed E-state index contributed by atoms with van der Waals surface area (Å²) in [6, 6.07) is 8.34. The molecule has 20 heavy (non-hydrogen) atoms. The lowest BCUT2D eigenvalue weighted by Crippen LogP contribution is -2.29. The van der Waals surface area contributed by atoms with E-state index in [4.69, 9.17) is 11.6 Å². The van der Waals surface area contributed by atoms with Gasteiger partial charge in [0.15, 0.2) is 9.84 Å². The first-order valence-electron chi connectivity index (χ1n) is 7.23. The molecule has 0 radical (unpaired) electrons. The van der Waals surface area contributed by atoms with Gasteiger partial charge >= 0.3 is 0 Å². The topological polar surface area (TPSA) is 46.2 Å². The van der Waals surface area contributed by atoms with Crippen LogP contribution < -0.4 is 5.32 Å². The summed E-state index contributed by atoms with van der Waals surface area (Å²) in [5.74, 6) is 1.66. The van der Waals surface area contributed by atoms with E-state index in [1.54, 1.807) is 0 Å². The molecule has 2 atom stereocenters. The lowest BCUT2D eigenvalue weighted by atomic mass is 10.0. The highest BCUT2D eigenvalue weighted by Crippen LogP contribution is 2.41. The van der Waals surface area contributed by atoms with Crippen LogP contribution in [0.15, 0.2) is 24.3 Å². The monoisotopic (exact) mass is 313 g/mol. The highest BCUT2D eigenvalue weighted by atomic mass is 35.5. The predicted octanol–water partition coefficient (Wildman–Crippen LogP) is 2.82. The van der Waals surface area contributed by atoms with E-state index in [1.807, 2.05) is 12.1 Å². The molecule has 0 spiro atoms. The fourth-order valence-corrected chi connectivity index (χ4v) is 4.97. The Morgan fingerprint density at radius 3 is 2.45 bits per heavy atom. The maximum absolute atomic E-state index is 11.5. The van der Waals surface area contributed by atoms with Gasteiger partial charge in [-0.25, -0.2) is 8.42 Å². The summed E-state index contributed by atoms with van der Waals surface area (Å²) in [6.45, 7) is 0.795. The van der Waals surface area contributed by atoms with Gasteiger partial charge in [0.25, 0.3) is 0 Å². The first-order chi connectivity index (χ1) is 9.53. The zero-order valence-corrected chi connectivity index (χ0v) is 13.0. The van der Waals surface area contributed by atoms with Crippen molar-refractivity contribution in [2.45, 2.75) is 25.3 Å². The largest absolute Gasteiger partial charge is 0.309 e. The van der Waals surface area contributed by atoms with Gasteiger partial charge in [0.2, 0.25) is 0 Å². The highest BCUT2D eigenvalue weighted by Gasteiger charge is 2.34. The Bertz CT molecular complexity index is 566. The van der Waals surface area contributed by atoms with Crippen LogP contribution >= 0.6 is 11.6 Å². The molecule has 0 aromatic heterocycles. The number of nitrogens with one attached hydrogen (secondary N) is 1. The lowest BCUT2D eigenvalue weighted by molar-refractivity contribution is 0.427. The summed E-state index contributed by atoms with van der Waals surface area (Å²) in [4.78, 5) is 0. The molecule has 5 heteroatoms. The van der Waals surface area contributed by atoms with Crippen molar-refractivity contribution in [3.05, 3.63) is 34.9 Å². The fourth-order valence-electron chi connectivity index (χ4n) is 2.98. The van der Waals surface area contributed by atoms with E-state index < -0.39 is 9.84 Å². The van der Waals surface area contributed by atoms with Crippen molar-refractivity contribution in [1.29, 1.82) is 0 Å². The van der Waals surface area contributed by atoms with Crippen molar-refractivity contribution in [2.24, 2.45) is 11.8 Å². The predicted molar refractivity (Wildman–Crippen MR) is 81.7 cm³/mol. The second-order valence-corrected chi connectivity index (χ2v) is 8.71. The summed E-state index contributed by atoms with van der Waals surface area (Å²) >= 11 is 5.94. The van der Waals surface area contributed by atoms with Gasteiger partial charge < -0.3 is 5.32 Å². The van der Waals surface area contributed by atoms with Crippen LogP contribution in [-0.2, 0) is 9.84 Å². The summed E-state index contributed by atoms with van der Waals surface area (Å²) in [7, 11) is -2.78. The van der Waals surface area contributed by atoms with Crippen LogP contribution in [0.1, 0.15) is 30.9 Å². The van der Waals surface area contributed by atoms with Crippen molar-refractivity contribution in [3.8, 4) is 0 Å². The molecule has 110 valence electrons. The van der Waals surface area contributed by atoms with E-state index >= 15 is 0 Å². The summed E-state index contributed by atoms with van der Waals surface area (Å²) < 4.78 is 23.0. The molecule has 2 unspecified atom stereocenters. The van der Waals surface area contributed by atoms with E-state index in [0.29, 0.717) is 23.5 Å². The van der Waals surface area contributed by atoms with Crippen LogP contribution in [0.4, 0.5) is 0 Å². The van der Waals surface area contributed by atoms with Gasteiger partial charge in [-0.05, 0) is 55.3 Å². The number of sulfone groups is 1. The minimum absolute atomic E-state index is 0.272. The normalized spacial score (nSPS) is 26.6. The molecule has 0 bridgehead atoms. The lowest BCUT2D eigenvalue weighted by Gasteiger charge is -2.21. The van der Waals surface area contributed by atoms with Gasteiger partial charge in [-0.3, -0.25) is 0 Å². The third-order valence-corrected chi connectivity index (χ3v) is 6.36. The second-order valence-electron chi connectivity index (χ2n) is 6.04. The molecule has 2 aliphatic rings. The van der Waals surface area contributed by atoms with E-state index in [9.17, 15) is 8.42 Å². The van der Waals surface area contributed by atoms with Crippen molar-refractivity contribution in [3.63, 3.8) is 0 Å². The molecule has 2 fully saturated rings. The molecule has 1 aromatic carbocycles. The Morgan fingerprint density at radius 1 is 1.20 bits per heavy atom. The van der Waals surface area contributed by atoms with Crippen LogP contribution in [0, 0.1) is 11.8 Å². The Hall–Kier alpha value is -0.580. The standard InChI is InChI=1S/C15H20ClNO2S/c16-14-5-3-13(4-6-14)15(12-1-2-12)17-9-11-7-8-20(18,19)10-11/h3-6,11-12,15,17H,1-2,7-10H2. The maximum Gasteiger partial charge on any atom is 0.150 e. The average molecular weight is 314 g/mol. The van der Waals surface area contributed by atoms with Crippen molar-refractivity contribution < 1.29 is 8.42 Å². The van der Waals surface area contributed by atoms with Gasteiger partial charge in [0, 0.05) is 11.1 Å². The molecule has 1 heterocycles. The van der Waals surface area contributed by atoms with Crippen LogP contribution in [0.3, 0.4) is 0 Å². The van der Waals surface area contributed by atoms with Gasteiger partial charge in [-0.2, -0.15) is 0 Å². The molecule has 3 rings (SSSR count).